The number of fused-ring (bicyclic) bond motifs is 2. The highest BCUT2D eigenvalue weighted by Crippen LogP contribution is 2.49. The van der Waals surface area contributed by atoms with Crippen LogP contribution in [0.5, 0.6) is 0 Å². The Bertz CT molecular complexity index is 824. The number of hydrogen-bond donors (Lipinski definition) is 0. The Labute approximate surface area is 140 Å². The molecule has 0 N–H and O–H groups in total. The van der Waals surface area contributed by atoms with E-state index in [4.69, 9.17) is 9.15 Å². The van der Waals surface area contributed by atoms with Gasteiger partial charge in [-0.05, 0) is 43.9 Å². The molecule has 0 unspecified atom stereocenters. The Morgan fingerprint density at radius 2 is 2.17 bits per heavy atom. The molecular weight excluding hydrogens is 306 g/mol. The average Bonchev–Trinajstić information content (AvgIpc) is 3.24. The lowest BCUT2D eigenvalue weighted by atomic mass is 9.81. The third-order valence-corrected chi connectivity index (χ3v) is 5.63. The van der Waals surface area contributed by atoms with Crippen molar-refractivity contribution in [2.24, 2.45) is 11.3 Å². The quantitative estimate of drug-likeness (QED) is 0.795. The van der Waals surface area contributed by atoms with Crippen molar-refractivity contribution >= 4 is 22.8 Å². The van der Waals surface area contributed by atoms with E-state index < -0.39 is 5.41 Å². The van der Waals surface area contributed by atoms with Crippen molar-refractivity contribution < 1.29 is 18.7 Å². The van der Waals surface area contributed by atoms with Crippen molar-refractivity contribution in [2.75, 3.05) is 20.2 Å². The van der Waals surface area contributed by atoms with E-state index >= 15 is 0 Å². The van der Waals surface area contributed by atoms with Gasteiger partial charge in [0.1, 0.15) is 5.58 Å². The van der Waals surface area contributed by atoms with Crippen molar-refractivity contribution in [1.29, 1.82) is 0 Å². The molecule has 1 aromatic heterocycles. The van der Waals surface area contributed by atoms with Gasteiger partial charge in [-0.2, -0.15) is 0 Å². The molecule has 5 nitrogen and oxygen atoms in total. The van der Waals surface area contributed by atoms with E-state index in [-0.39, 0.29) is 17.8 Å². The van der Waals surface area contributed by atoms with E-state index in [0.29, 0.717) is 24.4 Å². The van der Waals surface area contributed by atoms with E-state index in [1.807, 2.05) is 25.1 Å². The zero-order valence-electron chi connectivity index (χ0n) is 14.0. The molecule has 2 fully saturated rings. The molecule has 1 amide bonds. The van der Waals surface area contributed by atoms with E-state index in [9.17, 15) is 9.59 Å². The lowest BCUT2D eigenvalue weighted by molar-refractivity contribution is -0.153. The fraction of sp³-hybridized carbons (Fsp3) is 0.474. The third-order valence-electron chi connectivity index (χ3n) is 5.63. The van der Waals surface area contributed by atoms with Gasteiger partial charge in [0.2, 0.25) is 0 Å². The number of ether oxygens (including phenoxy) is 1. The molecule has 126 valence electrons. The summed E-state index contributed by atoms with van der Waals surface area (Å²) < 4.78 is 10.8. The van der Waals surface area contributed by atoms with Crippen LogP contribution in [0.1, 0.15) is 35.4 Å². The maximum atomic E-state index is 12.9. The molecule has 2 aromatic rings. The number of nitrogens with zero attached hydrogens (tertiary/aromatic N) is 1. The minimum absolute atomic E-state index is 0.137. The summed E-state index contributed by atoms with van der Waals surface area (Å²) in [5, 5.41) is 0.931. The number of likely N-dealkylation sites (tertiary alicyclic amines) is 1. The van der Waals surface area contributed by atoms with Crippen LogP contribution in [0.2, 0.25) is 0 Å². The maximum absolute atomic E-state index is 12.9. The van der Waals surface area contributed by atoms with Crippen molar-refractivity contribution in [2.45, 2.75) is 26.2 Å². The van der Waals surface area contributed by atoms with Crippen LogP contribution >= 0.6 is 0 Å². The van der Waals surface area contributed by atoms with Crippen LogP contribution in [0.25, 0.3) is 11.0 Å². The molecule has 1 aliphatic heterocycles. The number of esters is 1. The van der Waals surface area contributed by atoms with Crippen LogP contribution in [0.3, 0.4) is 0 Å². The van der Waals surface area contributed by atoms with Gasteiger partial charge in [-0.3, -0.25) is 9.59 Å². The highest BCUT2D eigenvalue weighted by Gasteiger charge is 2.56. The van der Waals surface area contributed by atoms with Gasteiger partial charge in [0.25, 0.3) is 5.91 Å². The molecule has 0 radical (unpaired) electrons. The fourth-order valence-electron chi connectivity index (χ4n) is 4.40. The second kappa shape index (κ2) is 5.36. The topological polar surface area (TPSA) is 59.8 Å². The Hall–Kier alpha value is -2.30. The predicted molar refractivity (Wildman–Crippen MR) is 88.6 cm³/mol. The van der Waals surface area contributed by atoms with Gasteiger partial charge in [0.05, 0.1) is 12.5 Å². The first kappa shape index (κ1) is 15.2. The van der Waals surface area contributed by atoms with E-state index in [1.165, 1.54) is 7.11 Å². The Balaban J connectivity index is 1.62. The van der Waals surface area contributed by atoms with E-state index in [2.05, 4.69) is 0 Å². The molecule has 1 aromatic carbocycles. The second-order valence-corrected chi connectivity index (χ2v) is 7.07. The molecule has 0 bridgehead atoms. The average molecular weight is 327 g/mol. The van der Waals surface area contributed by atoms with E-state index in [1.54, 1.807) is 11.0 Å². The summed E-state index contributed by atoms with van der Waals surface area (Å²) in [5.41, 5.74) is 1.32. The van der Waals surface area contributed by atoms with Gasteiger partial charge < -0.3 is 14.1 Å². The molecule has 5 heteroatoms. The SMILES string of the molecule is COC(=O)[C@]12CCC[C@@H]1CN(C(=O)c1cc3cc(C)ccc3o1)C2. The molecule has 1 aliphatic carbocycles. The molecule has 0 spiro atoms. The largest absolute Gasteiger partial charge is 0.469 e. The lowest BCUT2D eigenvalue weighted by Gasteiger charge is -2.25. The van der Waals surface area contributed by atoms with Crippen LogP contribution in [0, 0.1) is 18.3 Å². The van der Waals surface area contributed by atoms with Gasteiger partial charge >= 0.3 is 5.97 Å². The highest BCUT2D eigenvalue weighted by atomic mass is 16.5. The number of aryl methyl sites for hydroxylation is 1. The first-order chi connectivity index (χ1) is 11.5. The summed E-state index contributed by atoms with van der Waals surface area (Å²) in [6.07, 6.45) is 2.79. The summed E-state index contributed by atoms with van der Waals surface area (Å²) in [7, 11) is 1.43. The van der Waals surface area contributed by atoms with Crippen molar-refractivity contribution in [1.82, 2.24) is 4.90 Å². The number of methoxy groups -OCH3 is 1. The minimum Gasteiger partial charge on any atom is -0.469 e. The smallest absolute Gasteiger partial charge is 0.313 e. The van der Waals surface area contributed by atoms with Crippen molar-refractivity contribution in [3.8, 4) is 0 Å². The molecule has 4 rings (SSSR count). The number of hydrogen-bond acceptors (Lipinski definition) is 4. The summed E-state index contributed by atoms with van der Waals surface area (Å²) in [4.78, 5) is 26.9. The van der Waals surface area contributed by atoms with Gasteiger partial charge in [-0.25, -0.2) is 0 Å². The molecule has 1 saturated heterocycles. The minimum atomic E-state index is -0.521. The van der Waals surface area contributed by atoms with Gasteiger partial charge in [0.15, 0.2) is 5.76 Å². The van der Waals surface area contributed by atoms with Gasteiger partial charge in [0, 0.05) is 18.5 Å². The molecule has 2 atom stereocenters. The first-order valence-electron chi connectivity index (χ1n) is 8.41. The molecule has 2 heterocycles. The lowest BCUT2D eigenvalue weighted by Crippen LogP contribution is -2.38. The Morgan fingerprint density at radius 3 is 2.96 bits per heavy atom. The highest BCUT2D eigenvalue weighted by molar-refractivity contribution is 5.97. The summed E-state index contributed by atoms with van der Waals surface area (Å²) in [6.45, 7) is 3.04. The second-order valence-electron chi connectivity index (χ2n) is 7.07. The monoisotopic (exact) mass is 327 g/mol. The number of rotatable bonds is 2. The summed E-state index contributed by atoms with van der Waals surface area (Å²) in [5.74, 6) is 0.221. The van der Waals surface area contributed by atoms with Crippen LogP contribution in [-0.2, 0) is 9.53 Å². The van der Waals surface area contributed by atoms with E-state index in [0.717, 1.165) is 30.2 Å². The van der Waals surface area contributed by atoms with Crippen LogP contribution in [0.4, 0.5) is 0 Å². The van der Waals surface area contributed by atoms with Crippen molar-refractivity contribution in [3.63, 3.8) is 0 Å². The first-order valence-corrected chi connectivity index (χ1v) is 8.41. The summed E-state index contributed by atoms with van der Waals surface area (Å²) >= 11 is 0. The Kier molecular flexibility index (Phi) is 3.41. The molecular formula is C19H21NO4. The third kappa shape index (κ3) is 2.14. The number of carbonyl (C=O) groups excluding carboxylic acids is 2. The maximum Gasteiger partial charge on any atom is 0.313 e. The van der Waals surface area contributed by atoms with Crippen LogP contribution < -0.4 is 0 Å². The molecule has 2 aliphatic rings. The number of benzene rings is 1. The van der Waals surface area contributed by atoms with Gasteiger partial charge in [-0.1, -0.05) is 18.1 Å². The van der Waals surface area contributed by atoms with Crippen LogP contribution in [0.15, 0.2) is 28.7 Å². The standard InChI is InChI=1S/C19H21NO4/c1-12-5-6-15-13(8-12)9-16(24-15)17(21)20-10-14-4-3-7-19(14,11-20)18(22)23-2/h5-6,8-9,14H,3-4,7,10-11H2,1-2H3/t14-,19+/m1/s1. The van der Waals surface area contributed by atoms with Crippen molar-refractivity contribution in [3.05, 3.63) is 35.6 Å². The number of furan rings is 1. The zero-order valence-corrected chi connectivity index (χ0v) is 14.0. The molecule has 24 heavy (non-hydrogen) atoms. The number of amides is 1. The number of carbonyl (C=O) groups is 2. The molecule has 1 saturated carbocycles. The summed E-state index contributed by atoms with van der Waals surface area (Å²) in [6, 6.07) is 7.65. The normalized spacial score (nSPS) is 25.9. The zero-order chi connectivity index (χ0) is 16.9. The fourth-order valence-corrected chi connectivity index (χ4v) is 4.40. The predicted octanol–water partition coefficient (Wildman–Crippen LogP) is 3.16. The van der Waals surface area contributed by atoms with Gasteiger partial charge in [-0.15, -0.1) is 0 Å². The Morgan fingerprint density at radius 1 is 1.33 bits per heavy atom. The van der Waals surface area contributed by atoms with Crippen LogP contribution in [-0.4, -0.2) is 37.0 Å².